The van der Waals surface area contributed by atoms with Gasteiger partial charge >= 0.3 is 0 Å². The van der Waals surface area contributed by atoms with E-state index in [2.05, 4.69) is 23.8 Å². The number of rotatable bonds is 5. The molecule has 0 radical (unpaired) electrons. The third-order valence-electron chi connectivity index (χ3n) is 5.42. The Bertz CT molecular complexity index is 1030. The maximum Gasteiger partial charge on any atom is 0.264 e. The highest BCUT2D eigenvalue weighted by Gasteiger charge is 2.34. The fourth-order valence-corrected chi connectivity index (χ4v) is 4.85. The normalized spacial score (nSPS) is 16.4. The predicted octanol–water partition coefficient (Wildman–Crippen LogP) is 5.15. The fraction of sp³-hybridized carbons (Fsp3) is 0.391. The van der Waals surface area contributed by atoms with Crippen LogP contribution in [0.2, 0.25) is 0 Å². The van der Waals surface area contributed by atoms with Crippen molar-refractivity contribution in [2.45, 2.75) is 52.5 Å². The van der Waals surface area contributed by atoms with E-state index in [0.717, 1.165) is 70.9 Å². The minimum Gasteiger partial charge on any atom is -0.329 e. The summed E-state index contributed by atoms with van der Waals surface area (Å²) in [6.07, 6.45) is 9.36. The Kier molecular flexibility index (Phi) is 5.72. The van der Waals surface area contributed by atoms with Crippen molar-refractivity contribution in [2.75, 3.05) is 6.54 Å². The summed E-state index contributed by atoms with van der Waals surface area (Å²) in [6, 6.07) is 3.98. The Labute approximate surface area is 175 Å². The Hall–Kier alpha value is -2.60. The SMILES string of the molecule is CCCc1ncc(-c2ccncc2C)c(C2CCCN2C(=O)c2cc(C)cs2)n1. The molecule has 1 atom stereocenters. The van der Waals surface area contributed by atoms with Crippen LogP contribution in [0.1, 0.15) is 64.5 Å². The Morgan fingerprint density at radius 3 is 2.86 bits per heavy atom. The standard InChI is InChI=1S/C23H26N4OS/c1-4-6-21-25-13-18(17-8-9-24-12-16(17)3)22(26-21)19-7-5-10-27(19)23(28)20-11-15(2)14-29-20/h8-9,11-14,19H,4-7,10H2,1-3H3. The summed E-state index contributed by atoms with van der Waals surface area (Å²) < 4.78 is 0. The van der Waals surface area contributed by atoms with Crippen LogP contribution in [-0.2, 0) is 6.42 Å². The number of nitrogens with zero attached hydrogens (tertiary/aromatic N) is 4. The van der Waals surface area contributed by atoms with Crippen molar-refractivity contribution in [3.63, 3.8) is 0 Å². The van der Waals surface area contributed by atoms with Crippen LogP contribution in [0.25, 0.3) is 11.1 Å². The van der Waals surface area contributed by atoms with Crippen LogP contribution in [0, 0.1) is 13.8 Å². The van der Waals surface area contributed by atoms with Gasteiger partial charge in [0.05, 0.1) is 16.6 Å². The van der Waals surface area contributed by atoms with E-state index >= 15 is 0 Å². The molecule has 1 saturated heterocycles. The largest absolute Gasteiger partial charge is 0.329 e. The summed E-state index contributed by atoms with van der Waals surface area (Å²) in [6.45, 7) is 6.98. The van der Waals surface area contributed by atoms with Gasteiger partial charge in [-0.1, -0.05) is 6.92 Å². The Balaban J connectivity index is 1.78. The molecule has 150 valence electrons. The summed E-state index contributed by atoms with van der Waals surface area (Å²) in [5.41, 5.74) is 5.29. The van der Waals surface area contributed by atoms with E-state index in [0.29, 0.717) is 0 Å². The predicted molar refractivity (Wildman–Crippen MR) is 116 cm³/mol. The molecule has 0 spiro atoms. The molecule has 1 aliphatic rings. The maximum atomic E-state index is 13.3. The van der Waals surface area contributed by atoms with Gasteiger partial charge in [-0.25, -0.2) is 9.97 Å². The highest BCUT2D eigenvalue weighted by atomic mass is 32.1. The number of hydrogen-bond acceptors (Lipinski definition) is 5. The van der Waals surface area contributed by atoms with Gasteiger partial charge in [0.2, 0.25) is 0 Å². The third-order valence-corrected chi connectivity index (χ3v) is 6.46. The van der Waals surface area contributed by atoms with Crippen LogP contribution < -0.4 is 0 Å². The number of likely N-dealkylation sites (tertiary alicyclic amines) is 1. The van der Waals surface area contributed by atoms with Gasteiger partial charge in [-0.2, -0.15) is 0 Å². The van der Waals surface area contributed by atoms with Gasteiger partial charge in [-0.05, 0) is 67.3 Å². The van der Waals surface area contributed by atoms with Crippen LogP contribution >= 0.6 is 11.3 Å². The lowest BCUT2D eigenvalue weighted by Crippen LogP contribution is -2.31. The fourth-order valence-electron chi connectivity index (χ4n) is 3.99. The zero-order chi connectivity index (χ0) is 20.4. The number of thiophene rings is 1. The molecule has 0 saturated carbocycles. The van der Waals surface area contributed by atoms with Gasteiger partial charge in [0.1, 0.15) is 5.82 Å². The minimum absolute atomic E-state index is 0.0222. The first kappa shape index (κ1) is 19.7. The molecule has 29 heavy (non-hydrogen) atoms. The topological polar surface area (TPSA) is 59.0 Å². The summed E-state index contributed by atoms with van der Waals surface area (Å²) in [4.78, 5) is 29.9. The number of pyridine rings is 1. The van der Waals surface area contributed by atoms with Crippen molar-refractivity contribution >= 4 is 17.2 Å². The molecule has 3 aromatic heterocycles. The van der Waals surface area contributed by atoms with Crippen molar-refractivity contribution in [3.8, 4) is 11.1 Å². The molecule has 1 fully saturated rings. The summed E-state index contributed by atoms with van der Waals surface area (Å²) in [5, 5.41) is 2.04. The van der Waals surface area contributed by atoms with E-state index < -0.39 is 0 Å². The molecule has 1 aliphatic heterocycles. The lowest BCUT2D eigenvalue weighted by Gasteiger charge is -2.26. The van der Waals surface area contributed by atoms with E-state index in [1.165, 1.54) is 11.3 Å². The third kappa shape index (κ3) is 3.94. The van der Waals surface area contributed by atoms with Gasteiger partial charge in [-0.15, -0.1) is 11.3 Å². The molecule has 5 nitrogen and oxygen atoms in total. The number of hydrogen-bond donors (Lipinski definition) is 0. The Morgan fingerprint density at radius 2 is 2.14 bits per heavy atom. The number of aryl methyl sites for hydroxylation is 3. The van der Waals surface area contributed by atoms with Crippen molar-refractivity contribution < 1.29 is 4.79 Å². The Morgan fingerprint density at radius 1 is 1.28 bits per heavy atom. The van der Waals surface area contributed by atoms with Crippen molar-refractivity contribution in [1.29, 1.82) is 0 Å². The molecule has 1 unspecified atom stereocenters. The lowest BCUT2D eigenvalue weighted by atomic mass is 9.97. The second-order valence-electron chi connectivity index (χ2n) is 7.67. The smallest absolute Gasteiger partial charge is 0.264 e. The van der Waals surface area contributed by atoms with E-state index in [9.17, 15) is 4.79 Å². The highest BCUT2D eigenvalue weighted by molar-refractivity contribution is 7.12. The molecule has 0 bridgehead atoms. The summed E-state index contributed by atoms with van der Waals surface area (Å²) in [5.74, 6) is 0.961. The minimum atomic E-state index is -0.0222. The number of carbonyl (C=O) groups excluding carboxylic acids is 1. The number of aromatic nitrogens is 3. The van der Waals surface area contributed by atoms with Gasteiger partial charge < -0.3 is 4.90 Å². The first-order valence-electron chi connectivity index (χ1n) is 10.2. The van der Waals surface area contributed by atoms with Gasteiger partial charge in [0.25, 0.3) is 5.91 Å². The average molecular weight is 407 g/mol. The zero-order valence-corrected chi connectivity index (χ0v) is 18.0. The van der Waals surface area contributed by atoms with E-state index in [4.69, 9.17) is 4.98 Å². The second-order valence-corrected chi connectivity index (χ2v) is 8.58. The molecule has 0 aromatic carbocycles. The number of carbonyl (C=O) groups is 1. The first-order valence-corrected chi connectivity index (χ1v) is 11.1. The zero-order valence-electron chi connectivity index (χ0n) is 17.2. The van der Waals surface area contributed by atoms with Crippen molar-refractivity contribution in [2.24, 2.45) is 0 Å². The molecule has 1 amide bonds. The van der Waals surface area contributed by atoms with E-state index in [1.54, 1.807) is 6.20 Å². The summed E-state index contributed by atoms with van der Waals surface area (Å²) >= 11 is 1.52. The van der Waals surface area contributed by atoms with Gasteiger partial charge in [0, 0.05) is 37.1 Å². The maximum absolute atomic E-state index is 13.3. The quantitative estimate of drug-likeness (QED) is 0.588. The second kappa shape index (κ2) is 8.41. The average Bonchev–Trinajstić information content (AvgIpc) is 3.37. The molecule has 3 aromatic rings. The monoisotopic (exact) mass is 406 g/mol. The van der Waals surface area contributed by atoms with E-state index in [-0.39, 0.29) is 11.9 Å². The molecule has 4 rings (SSSR count). The first-order chi connectivity index (χ1) is 14.1. The van der Waals surface area contributed by atoms with Gasteiger partial charge in [0.15, 0.2) is 0 Å². The number of amides is 1. The van der Waals surface area contributed by atoms with E-state index in [1.807, 2.05) is 41.7 Å². The molecule has 0 aliphatic carbocycles. The van der Waals surface area contributed by atoms with Crippen LogP contribution in [0.15, 0.2) is 36.1 Å². The van der Waals surface area contributed by atoms with Gasteiger partial charge in [-0.3, -0.25) is 9.78 Å². The highest BCUT2D eigenvalue weighted by Crippen LogP contribution is 2.38. The molecule has 0 N–H and O–H groups in total. The molecular weight excluding hydrogens is 380 g/mol. The van der Waals surface area contributed by atoms with Crippen LogP contribution in [0.4, 0.5) is 0 Å². The van der Waals surface area contributed by atoms with Crippen LogP contribution in [0.5, 0.6) is 0 Å². The van der Waals surface area contributed by atoms with Crippen LogP contribution in [0.3, 0.4) is 0 Å². The summed E-state index contributed by atoms with van der Waals surface area (Å²) in [7, 11) is 0. The molecular formula is C23H26N4OS. The van der Waals surface area contributed by atoms with Crippen molar-refractivity contribution in [1.82, 2.24) is 19.9 Å². The van der Waals surface area contributed by atoms with Crippen molar-refractivity contribution in [3.05, 3.63) is 63.6 Å². The lowest BCUT2D eigenvalue weighted by molar-refractivity contribution is 0.0738. The molecule has 4 heterocycles. The van der Waals surface area contributed by atoms with Crippen LogP contribution in [-0.4, -0.2) is 32.3 Å². The molecule has 6 heteroatoms.